The zero-order valence-corrected chi connectivity index (χ0v) is 12.1. The van der Waals surface area contributed by atoms with E-state index in [0.717, 1.165) is 6.42 Å². The van der Waals surface area contributed by atoms with Gasteiger partial charge in [-0.15, -0.1) is 0 Å². The van der Waals surface area contributed by atoms with Gasteiger partial charge < -0.3 is 4.74 Å². The summed E-state index contributed by atoms with van der Waals surface area (Å²) >= 11 is 11.6. The molecule has 0 amide bonds. The third kappa shape index (κ3) is 4.08. The van der Waals surface area contributed by atoms with Crippen LogP contribution in [0.1, 0.15) is 25.3 Å². The van der Waals surface area contributed by atoms with Crippen LogP contribution in [0.3, 0.4) is 0 Å². The summed E-state index contributed by atoms with van der Waals surface area (Å²) < 4.78 is 5.58. The lowest BCUT2D eigenvalue weighted by Crippen LogP contribution is -1.92. The first-order valence-electron chi connectivity index (χ1n) is 6.14. The van der Waals surface area contributed by atoms with Gasteiger partial charge in [0.05, 0.1) is 6.20 Å². The number of halogens is 2. The van der Waals surface area contributed by atoms with Crippen molar-refractivity contribution in [3.63, 3.8) is 0 Å². The largest absolute Gasteiger partial charge is 0.437 e. The number of rotatable bonds is 5. The first kappa shape index (κ1) is 14.1. The van der Waals surface area contributed by atoms with Crippen LogP contribution >= 0.6 is 23.2 Å². The minimum Gasteiger partial charge on any atom is -0.437 e. The average molecular weight is 297 g/mol. The van der Waals surface area contributed by atoms with Crippen molar-refractivity contribution in [2.24, 2.45) is 0 Å². The number of hydrogen-bond donors (Lipinski definition) is 0. The van der Waals surface area contributed by atoms with E-state index in [9.17, 15) is 0 Å². The van der Waals surface area contributed by atoms with Crippen molar-refractivity contribution >= 4 is 23.2 Å². The summed E-state index contributed by atoms with van der Waals surface area (Å²) in [5, 5.41) is 0.443. The average Bonchev–Trinajstić information content (AvgIpc) is 2.42. The third-order valence-corrected chi connectivity index (χ3v) is 3.08. The SMILES string of the molecule is CCCCc1ccc(Oc2nc(Cl)ncc2Cl)cc1. The van der Waals surface area contributed by atoms with Crippen molar-refractivity contribution in [1.82, 2.24) is 9.97 Å². The Labute approximate surface area is 122 Å². The number of unbranched alkanes of at least 4 members (excludes halogenated alkanes) is 1. The lowest BCUT2D eigenvalue weighted by Gasteiger charge is -2.07. The molecular formula is C14H14Cl2N2O. The molecule has 0 saturated carbocycles. The Morgan fingerprint density at radius 1 is 1.16 bits per heavy atom. The van der Waals surface area contributed by atoms with Crippen LogP contribution in [0.2, 0.25) is 10.3 Å². The molecule has 0 bridgehead atoms. The molecule has 0 saturated heterocycles. The highest BCUT2D eigenvalue weighted by Gasteiger charge is 2.07. The van der Waals surface area contributed by atoms with E-state index in [1.807, 2.05) is 24.3 Å². The Morgan fingerprint density at radius 3 is 2.58 bits per heavy atom. The van der Waals surface area contributed by atoms with Crippen LogP contribution in [-0.4, -0.2) is 9.97 Å². The molecule has 2 aromatic rings. The smallest absolute Gasteiger partial charge is 0.242 e. The molecule has 3 nitrogen and oxygen atoms in total. The molecule has 5 heteroatoms. The molecule has 1 aromatic heterocycles. The maximum absolute atomic E-state index is 5.94. The van der Waals surface area contributed by atoms with Crippen molar-refractivity contribution < 1.29 is 4.74 Å². The summed E-state index contributed by atoms with van der Waals surface area (Å²) in [5.74, 6) is 0.944. The number of aryl methyl sites for hydroxylation is 1. The topological polar surface area (TPSA) is 35.0 Å². The fourth-order valence-electron chi connectivity index (χ4n) is 1.62. The van der Waals surface area contributed by atoms with Crippen LogP contribution in [0.5, 0.6) is 11.6 Å². The molecule has 19 heavy (non-hydrogen) atoms. The summed E-state index contributed by atoms with van der Waals surface area (Å²) in [4.78, 5) is 7.71. The molecule has 0 aliphatic heterocycles. The molecule has 0 spiro atoms. The Kier molecular flexibility index (Phi) is 5.00. The number of ether oxygens (including phenoxy) is 1. The number of aromatic nitrogens is 2. The van der Waals surface area contributed by atoms with Gasteiger partial charge in [-0.3, -0.25) is 0 Å². The summed E-state index contributed by atoms with van der Waals surface area (Å²) in [7, 11) is 0. The Morgan fingerprint density at radius 2 is 1.89 bits per heavy atom. The van der Waals surface area contributed by atoms with Gasteiger partial charge in [-0.25, -0.2) is 4.98 Å². The van der Waals surface area contributed by atoms with Crippen molar-refractivity contribution in [2.45, 2.75) is 26.2 Å². The summed E-state index contributed by atoms with van der Waals surface area (Å²) in [6, 6.07) is 7.89. The molecule has 0 unspecified atom stereocenters. The summed E-state index contributed by atoms with van der Waals surface area (Å²) in [6.07, 6.45) is 4.87. The molecule has 0 fully saturated rings. The zero-order valence-electron chi connectivity index (χ0n) is 10.6. The van der Waals surface area contributed by atoms with Gasteiger partial charge in [0, 0.05) is 0 Å². The van der Waals surface area contributed by atoms with Crippen molar-refractivity contribution in [3.8, 4) is 11.6 Å². The second-order valence-corrected chi connectivity index (χ2v) is 4.89. The third-order valence-electron chi connectivity index (χ3n) is 2.64. The van der Waals surface area contributed by atoms with Crippen molar-refractivity contribution in [2.75, 3.05) is 0 Å². The summed E-state index contributed by atoms with van der Waals surface area (Å²) in [6.45, 7) is 2.18. The minimum atomic E-state index is 0.110. The minimum absolute atomic E-state index is 0.110. The molecule has 1 aromatic carbocycles. The van der Waals surface area contributed by atoms with Crippen LogP contribution in [0.25, 0.3) is 0 Å². The second kappa shape index (κ2) is 6.73. The van der Waals surface area contributed by atoms with E-state index >= 15 is 0 Å². The van der Waals surface area contributed by atoms with Crippen molar-refractivity contribution in [3.05, 3.63) is 46.3 Å². The monoisotopic (exact) mass is 296 g/mol. The molecule has 0 aliphatic carbocycles. The molecule has 2 rings (SSSR count). The highest BCUT2D eigenvalue weighted by molar-refractivity contribution is 6.32. The highest BCUT2D eigenvalue weighted by atomic mass is 35.5. The quantitative estimate of drug-likeness (QED) is 0.735. The molecule has 0 radical (unpaired) electrons. The molecule has 100 valence electrons. The normalized spacial score (nSPS) is 10.5. The van der Waals surface area contributed by atoms with E-state index in [-0.39, 0.29) is 11.2 Å². The van der Waals surface area contributed by atoms with E-state index in [0.29, 0.717) is 10.8 Å². The van der Waals surface area contributed by atoms with E-state index in [1.54, 1.807) is 0 Å². The lowest BCUT2D eigenvalue weighted by atomic mass is 10.1. The molecular weight excluding hydrogens is 283 g/mol. The van der Waals surface area contributed by atoms with Crippen LogP contribution in [0.4, 0.5) is 0 Å². The standard InChI is InChI=1S/C14H14Cl2N2O/c1-2-3-4-10-5-7-11(8-6-10)19-13-12(15)9-17-14(16)18-13/h5-9H,2-4H2,1H3. The van der Waals surface area contributed by atoms with Crippen LogP contribution < -0.4 is 4.74 Å². The Hall–Kier alpha value is -1.32. The maximum atomic E-state index is 5.94. The van der Waals surface area contributed by atoms with Crippen molar-refractivity contribution in [1.29, 1.82) is 0 Å². The highest BCUT2D eigenvalue weighted by Crippen LogP contribution is 2.27. The van der Waals surface area contributed by atoms with E-state index < -0.39 is 0 Å². The van der Waals surface area contributed by atoms with Gasteiger partial charge in [0.25, 0.3) is 0 Å². The van der Waals surface area contributed by atoms with Gasteiger partial charge in [-0.05, 0) is 42.1 Å². The van der Waals surface area contributed by atoms with Gasteiger partial charge in [0.2, 0.25) is 11.2 Å². The number of hydrogen-bond acceptors (Lipinski definition) is 3. The number of nitrogens with zero attached hydrogens (tertiary/aromatic N) is 2. The van der Waals surface area contributed by atoms with Crippen LogP contribution in [0.15, 0.2) is 30.5 Å². The Balaban J connectivity index is 2.08. The first-order valence-corrected chi connectivity index (χ1v) is 6.89. The number of benzene rings is 1. The molecule has 1 heterocycles. The van der Waals surface area contributed by atoms with Crippen LogP contribution in [0, 0.1) is 0 Å². The Bertz CT molecular complexity index is 544. The molecule has 0 atom stereocenters. The van der Waals surface area contributed by atoms with Crippen LogP contribution in [-0.2, 0) is 6.42 Å². The second-order valence-electron chi connectivity index (χ2n) is 4.14. The zero-order chi connectivity index (χ0) is 13.7. The summed E-state index contributed by atoms with van der Waals surface area (Å²) in [5.41, 5.74) is 1.29. The maximum Gasteiger partial charge on any atom is 0.242 e. The van der Waals surface area contributed by atoms with E-state index in [4.69, 9.17) is 27.9 Å². The van der Waals surface area contributed by atoms with Gasteiger partial charge in [0.1, 0.15) is 10.8 Å². The molecule has 0 aliphatic rings. The predicted octanol–water partition coefficient (Wildman–Crippen LogP) is 4.92. The van der Waals surface area contributed by atoms with Gasteiger partial charge in [-0.1, -0.05) is 37.1 Å². The van der Waals surface area contributed by atoms with E-state index in [2.05, 4.69) is 16.9 Å². The fraction of sp³-hybridized carbons (Fsp3) is 0.286. The van der Waals surface area contributed by atoms with Gasteiger partial charge in [-0.2, -0.15) is 4.98 Å². The molecule has 0 N–H and O–H groups in total. The lowest BCUT2D eigenvalue weighted by molar-refractivity contribution is 0.461. The first-order chi connectivity index (χ1) is 9.19. The van der Waals surface area contributed by atoms with Gasteiger partial charge in [0.15, 0.2) is 0 Å². The fourth-order valence-corrected chi connectivity index (χ4v) is 1.87. The van der Waals surface area contributed by atoms with E-state index in [1.165, 1.54) is 24.6 Å². The van der Waals surface area contributed by atoms with Gasteiger partial charge >= 0.3 is 0 Å². The predicted molar refractivity (Wildman–Crippen MR) is 77.2 cm³/mol.